The molecule has 12 heteroatoms. The standard InChI is InChI=1S/ClHO4.La.6H2O/c2-1(3,4)5;;;;;;;/h(H,2,3,4,5);;6*1H2/q;+3;;;;;;/p-1. The molecule has 0 aromatic rings. The van der Waals surface area contributed by atoms with Gasteiger partial charge in [0.25, 0.3) is 0 Å². The molecule has 0 aliphatic rings. The average Bonchev–Trinajstić information content (AvgIpc) is 0.722. The zero-order valence-electron chi connectivity index (χ0n) is 5.59. The zero-order valence-corrected chi connectivity index (χ0v) is 9.97. The van der Waals surface area contributed by atoms with Gasteiger partial charge in [0.05, 0.1) is 0 Å². The van der Waals surface area contributed by atoms with Crippen LogP contribution in [0.3, 0.4) is 0 Å². The van der Waals surface area contributed by atoms with Gasteiger partial charge in [0.2, 0.25) is 0 Å². The maximum absolute atomic E-state index is 8.49. The molecular formula is H12ClLaO10+2. The molecule has 0 rings (SSSR count). The first kappa shape index (κ1) is 73.9. The molecule has 0 fully saturated rings. The minimum atomic E-state index is -4.94. The number of hydrogen-bond acceptors (Lipinski definition) is 4. The minimum absolute atomic E-state index is 0. The summed E-state index contributed by atoms with van der Waals surface area (Å²) in [5, 5.41) is 0. The van der Waals surface area contributed by atoms with Gasteiger partial charge in [0.15, 0.2) is 0 Å². The van der Waals surface area contributed by atoms with Crippen LogP contribution in [0.4, 0.5) is 0 Å². The molecule has 10 nitrogen and oxygen atoms in total. The van der Waals surface area contributed by atoms with Crippen molar-refractivity contribution in [3.63, 3.8) is 0 Å². The van der Waals surface area contributed by atoms with E-state index in [0.29, 0.717) is 0 Å². The van der Waals surface area contributed by atoms with Crippen molar-refractivity contribution in [1.29, 1.82) is 0 Å². The molecule has 12 heavy (non-hydrogen) atoms. The summed E-state index contributed by atoms with van der Waals surface area (Å²) in [6, 6.07) is 0. The Morgan fingerprint density at radius 1 is 0.500 bits per heavy atom. The molecular weight excluding hydrogens is 334 g/mol. The summed E-state index contributed by atoms with van der Waals surface area (Å²) in [4.78, 5) is 0. The Balaban J connectivity index is -0.00000000381. The number of halogens is 1. The van der Waals surface area contributed by atoms with E-state index in [1.54, 1.807) is 0 Å². The summed E-state index contributed by atoms with van der Waals surface area (Å²) in [7, 11) is -4.94. The van der Waals surface area contributed by atoms with E-state index in [2.05, 4.69) is 0 Å². The second-order valence-corrected chi connectivity index (χ2v) is 1.13. The van der Waals surface area contributed by atoms with Crippen molar-refractivity contribution in [3.05, 3.63) is 0 Å². The topological polar surface area (TPSA) is 281 Å². The van der Waals surface area contributed by atoms with Gasteiger partial charge in [-0.1, -0.05) is 0 Å². The van der Waals surface area contributed by atoms with Crippen LogP contribution >= 0.6 is 0 Å². The third-order valence-electron chi connectivity index (χ3n) is 0. The van der Waals surface area contributed by atoms with Crippen molar-refractivity contribution >= 4 is 0 Å². The van der Waals surface area contributed by atoms with E-state index in [4.69, 9.17) is 18.6 Å². The average molecular weight is 346 g/mol. The molecule has 0 bridgehead atoms. The molecule has 0 aliphatic heterocycles. The molecule has 0 saturated heterocycles. The molecule has 0 aromatic heterocycles. The smallest absolute Gasteiger partial charge is 0.412 e. The fourth-order valence-corrected chi connectivity index (χ4v) is 0. The fraction of sp³-hybridized carbons (Fsp3) is 0. The Kier molecular flexibility index (Phi) is 182. The van der Waals surface area contributed by atoms with E-state index in [1.807, 2.05) is 0 Å². The van der Waals surface area contributed by atoms with Gasteiger partial charge in [0.1, 0.15) is 0 Å². The maximum Gasteiger partial charge on any atom is 3.00 e. The molecule has 0 aliphatic carbocycles. The zero-order chi connectivity index (χ0) is 4.50. The van der Waals surface area contributed by atoms with E-state index in [0.717, 1.165) is 0 Å². The molecule has 0 saturated carbocycles. The molecule has 0 unspecified atom stereocenters. The first-order valence-corrected chi connectivity index (χ1v) is 1.85. The van der Waals surface area contributed by atoms with E-state index < -0.39 is 10.2 Å². The van der Waals surface area contributed by atoms with Crippen molar-refractivity contribution in [1.82, 2.24) is 0 Å². The largest absolute Gasteiger partial charge is 3.00 e. The molecule has 12 N–H and O–H groups in total. The summed E-state index contributed by atoms with van der Waals surface area (Å²) in [5.41, 5.74) is 0. The Morgan fingerprint density at radius 2 is 0.500 bits per heavy atom. The van der Waals surface area contributed by atoms with Crippen molar-refractivity contribution in [2.45, 2.75) is 0 Å². The normalized spacial score (nSPS) is 5.00. The second kappa shape index (κ2) is 29.6. The predicted octanol–water partition coefficient (Wildman–Crippen LogP) is -9.70. The molecule has 0 spiro atoms. The van der Waals surface area contributed by atoms with Crippen LogP contribution in [0, 0.1) is 45.8 Å². The van der Waals surface area contributed by atoms with Crippen molar-refractivity contribution in [2.24, 2.45) is 0 Å². The van der Waals surface area contributed by atoms with Crippen LogP contribution in [0.25, 0.3) is 0 Å². The van der Waals surface area contributed by atoms with Crippen molar-refractivity contribution in [2.75, 3.05) is 0 Å². The summed E-state index contributed by atoms with van der Waals surface area (Å²) >= 11 is 0. The summed E-state index contributed by atoms with van der Waals surface area (Å²) in [6.45, 7) is 0. The van der Waals surface area contributed by atoms with Gasteiger partial charge < -0.3 is 32.9 Å². The van der Waals surface area contributed by atoms with Crippen LogP contribution in [-0.2, 0) is 0 Å². The van der Waals surface area contributed by atoms with Gasteiger partial charge in [0, 0.05) is 0 Å². The van der Waals surface area contributed by atoms with E-state index in [1.165, 1.54) is 0 Å². The number of rotatable bonds is 0. The fourth-order valence-electron chi connectivity index (χ4n) is 0. The molecule has 80 valence electrons. The predicted molar refractivity (Wildman–Crippen MR) is 21.7 cm³/mol. The quantitative estimate of drug-likeness (QED) is 0.412. The second-order valence-electron chi connectivity index (χ2n) is 0.378. The molecule has 0 aromatic carbocycles. The monoisotopic (exact) mass is 346 g/mol. The minimum Gasteiger partial charge on any atom is -0.412 e. The first-order chi connectivity index (χ1) is 2.00. The summed E-state index contributed by atoms with van der Waals surface area (Å²) < 4.78 is 34.0. The first-order valence-electron chi connectivity index (χ1n) is 0.617. The van der Waals surface area contributed by atoms with Gasteiger partial charge in [-0.25, -0.2) is 18.6 Å². The van der Waals surface area contributed by atoms with Gasteiger partial charge in [-0.05, 0) is 0 Å². The summed E-state index contributed by atoms with van der Waals surface area (Å²) in [6.07, 6.45) is 0. The van der Waals surface area contributed by atoms with Gasteiger partial charge in [-0.3, -0.25) is 0 Å². The summed E-state index contributed by atoms with van der Waals surface area (Å²) in [5.74, 6) is 0. The van der Waals surface area contributed by atoms with Crippen LogP contribution in [0.15, 0.2) is 0 Å². The maximum atomic E-state index is 8.49. The van der Waals surface area contributed by atoms with E-state index in [9.17, 15) is 0 Å². The van der Waals surface area contributed by atoms with Crippen molar-refractivity contribution in [3.8, 4) is 0 Å². The molecule has 0 amide bonds. The van der Waals surface area contributed by atoms with E-state index in [-0.39, 0.29) is 68.5 Å². The third kappa shape index (κ3) is 958. The van der Waals surface area contributed by atoms with Crippen LogP contribution in [0.2, 0.25) is 0 Å². The molecule has 0 radical (unpaired) electrons. The SMILES string of the molecule is O.O.O.O.O.O.[La+3].[O-][Cl+3]([O-])([O-])[O-]. The Bertz CT molecular complexity index is 25.3. The Morgan fingerprint density at radius 3 is 0.500 bits per heavy atom. The molecule has 0 heterocycles. The van der Waals surface area contributed by atoms with Crippen LogP contribution in [0.1, 0.15) is 0 Å². The van der Waals surface area contributed by atoms with Crippen molar-refractivity contribution < 1.29 is 97.3 Å². The van der Waals surface area contributed by atoms with Gasteiger partial charge >= 0.3 is 35.6 Å². The molecule has 0 atom stereocenters. The van der Waals surface area contributed by atoms with E-state index >= 15 is 0 Å². The van der Waals surface area contributed by atoms with Gasteiger partial charge in [-0.15, -0.1) is 10.2 Å². The Hall–Kier alpha value is 1.08. The van der Waals surface area contributed by atoms with Crippen LogP contribution < -0.4 is 18.6 Å². The number of hydrogen-bond donors (Lipinski definition) is 0. The Labute approximate surface area is 97.0 Å². The van der Waals surface area contributed by atoms with Crippen LogP contribution in [0.5, 0.6) is 0 Å². The van der Waals surface area contributed by atoms with Gasteiger partial charge in [-0.2, -0.15) is 0 Å². The van der Waals surface area contributed by atoms with Crippen LogP contribution in [-0.4, -0.2) is 32.9 Å². The third-order valence-corrected chi connectivity index (χ3v) is 0.